The van der Waals surface area contributed by atoms with Crippen molar-refractivity contribution >= 4 is 53.4 Å². The van der Waals surface area contributed by atoms with Gasteiger partial charge in [-0.3, -0.25) is 0 Å². The van der Waals surface area contributed by atoms with E-state index in [0.29, 0.717) is 6.42 Å². The molecule has 29 heavy (non-hydrogen) atoms. The van der Waals surface area contributed by atoms with Crippen molar-refractivity contribution in [2.24, 2.45) is 0 Å². The third kappa shape index (κ3) is 8.75. The van der Waals surface area contributed by atoms with Gasteiger partial charge in [-0.2, -0.15) is 0 Å². The number of rotatable bonds is 7. The third-order valence-electron chi connectivity index (χ3n) is 4.37. The van der Waals surface area contributed by atoms with E-state index in [1.165, 1.54) is 18.7 Å². The van der Waals surface area contributed by atoms with E-state index in [0.717, 1.165) is 10.9 Å². The van der Waals surface area contributed by atoms with Crippen molar-refractivity contribution < 1.29 is 14.6 Å². The van der Waals surface area contributed by atoms with Crippen molar-refractivity contribution in [2.75, 3.05) is 7.11 Å². The van der Waals surface area contributed by atoms with Crippen molar-refractivity contribution in [3.05, 3.63) is 91.0 Å². The van der Waals surface area contributed by atoms with E-state index in [2.05, 4.69) is 69.3 Å². The van der Waals surface area contributed by atoms with E-state index in [-0.39, 0.29) is 0 Å². The summed E-state index contributed by atoms with van der Waals surface area (Å²) in [4.78, 5) is 11.3. The Hall–Kier alpha value is -1.59. The molecule has 3 rings (SSSR count). The predicted octanol–water partition coefficient (Wildman–Crippen LogP) is 2.09. The van der Waals surface area contributed by atoms with E-state index >= 15 is 0 Å². The Bertz CT molecular complexity index is 789. The maximum absolute atomic E-state index is 11.3. The number of esters is 1. The minimum absolute atomic E-state index is 0.469. The van der Waals surface area contributed by atoms with E-state index in [1.807, 2.05) is 42.5 Å². The number of ether oxygens (including phenoxy) is 1. The van der Waals surface area contributed by atoms with Gasteiger partial charge in [0.15, 0.2) is 0 Å². The van der Waals surface area contributed by atoms with Crippen LogP contribution in [0.1, 0.15) is 12.8 Å². The van der Waals surface area contributed by atoms with Gasteiger partial charge in [-0.15, -0.1) is 0 Å². The summed E-state index contributed by atoms with van der Waals surface area (Å²) in [6.45, 7) is 0. The molecular weight excluding hydrogens is 534 g/mol. The quantitative estimate of drug-likeness (QED) is 0.356. The van der Waals surface area contributed by atoms with Gasteiger partial charge in [-0.25, -0.2) is 0 Å². The van der Waals surface area contributed by atoms with Crippen LogP contribution in [-0.4, -0.2) is 60.1 Å². The van der Waals surface area contributed by atoms with Crippen LogP contribution in [0.25, 0.3) is 0 Å². The molecule has 0 amide bonds. The molecule has 0 spiro atoms. The number of hydrogen-bond donors (Lipinski definition) is 1. The zero-order chi connectivity index (χ0) is 20.9. The summed E-state index contributed by atoms with van der Waals surface area (Å²) in [5, 5.41) is 9.72. The van der Waals surface area contributed by atoms with Crippen LogP contribution in [-0.2, 0) is 9.53 Å². The molecule has 0 aliphatic heterocycles. The summed E-state index contributed by atoms with van der Waals surface area (Å²) in [6, 6.07) is 31.3. The number of carbonyl (C=O) groups is 1. The molecule has 0 saturated carbocycles. The van der Waals surface area contributed by atoms with Crippen LogP contribution in [0.15, 0.2) is 91.0 Å². The summed E-state index contributed by atoms with van der Waals surface area (Å²) in [5.74, 6) is -0.537. The number of hydrogen-bond acceptors (Lipinski definition) is 3. The molecule has 0 aliphatic rings. The van der Waals surface area contributed by atoms with Crippen LogP contribution < -0.4 is 11.6 Å². The summed E-state index contributed by atoms with van der Waals surface area (Å²) in [6.07, 6.45) is 0.312. The molecule has 3 aromatic rings. The van der Waals surface area contributed by atoms with Gasteiger partial charge in [-0.05, 0) is 0 Å². The van der Waals surface area contributed by atoms with Crippen LogP contribution >= 0.6 is 0 Å². The molecule has 0 aliphatic carbocycles. The van der Waals surface area contributed by atoms with Gasteiger partial charge in [0.05, 0.1) is 0 Å². The van der Waals surface area contributed by atoms with Crippen LogP contribution in [0.2, 0.25) is 4.44 Å². The maximum atomic E-state index is 11.3. The van der Waals surface area contributed by atoms with Crippen molar-refractivity contribution in [3.8, 4) is 0 Å². The molecule has 0 aromatic heterocycles. The summed E-state index contributed by atoms with van der Waals surface area (Å²) in [7, 11) is 1.31. The van der Waals surface area contributed by atoms with Crippen LogP contribution in [0, 0.1) is 0 Å². The van der Waals surface area contributed by atoms with Crippen molar-refractivity contribution in [2.45, 2.75) is 23.4 Å². The van der Waals surface area contributed by atoms with Crippen LogP contribution in [0.3, 0.4) is 0 Å². The fraction of sp³-hybridized carbons (Fsp3) is 0.208. The summed E-state index contributed by atoms with van der Waals surface area (Å²) in [5.41, 5.74) is 0. The SMILES string of the molecule is COC(=O)C(O)CC[CH2][Sn]([c]1ccccc1)[c]1ccccc1.[Se]c1ccccc1. The second-order valence-corrected chi connectivity index (χ2v) is 14.9. The Balaban J connectivity index is 0.000000360. The Morgan fingerprint density at radius 2 is 1.34 bits per heavy atom. The first-order valence-electron chi connectivity index (χ1n) is 9.56. The van der Waals surface area contributed by atoms with Gasteiger partial charge in [-0.1, -0.05) is 0 Å². The predicted molar refractivity (Wildman–Crippen MR) is 122 cm³/mol. The molecule has 1 unspecified atom stereocenters. The average molecular weight is 560 g/mol. The molecule has 1 atom stereocenters. The van der Waals surface area contributed by atoms with Gasteiger partial charge in [0.1, 0.15) is 0 Å². The first-order chi connectivity index (χ1) is 14.1. The van der Waals surface area contributed by atoms with Gasteiger partial charge in [0, 0.05) is 0 Å². The molecule has 0 heterocycles. The zero-order valence-corrected chi connectivity index (χ0v) is 21.1. The van der Waals surface area contributed by atoms with Gasteiger partial charge in [0.25, 0.3) is 0 Å². The van der Waals surface area contributed by atoms with E-state index in [4.69, 9.17) is 0 Å². The van der Waals surface area contributed by atoms with Crippen molar-refractivity contribution in [1.82, 2.24) is 0 Å². The van der Waals surface area contributed by atoms with Gasteiger partial charge in [0.2, 0.25) is 0 Å². The Kier molecular flexibility index (Phi) is 11.1. The van der Waals surface area contributed by atoms with Crippen LogP contribution in [0.5, 0.6) is 0 Å². The summed E-state index contributed by atoms with van der Waals surface area (Å²) < 4.78 is 9.73. The van der Waals surface area contributed by atoms with Gasteiger partial charge >= 0.3 is 189 Å². The first-order valence-corrected chi connectivity index (χ1v) is 15.3. The van der Waals surface area contributed by atoms with E-state index in [9.17, 15) is 9.90 Å². The van der Waals surface area contributed by atoms with Crippen molar-refractivity contribution in [1.29, 1.82) is 0 Å². The monoisotopic (exact) mass is 562 g/mol. The Morgan fingerprint density at radius 1 is 0.897 bits per heavy atom. The second kappa shape index (κ2) is 13.6. The molecule has 1 N–H and O–H groups in total. The molecule has 3 nitrogen and oxygen atoms in total. The normalized spacial score (nSPS) is 11.3. The molecule has 3 aromatic carbocycles. The Morgan fingerprint density at radius 3 is 1.72 bits per heavy atom. The van der Waals surface area contributed by atoms with Gasteiger partial charge < -0.3 is 0 Å². The number of aliphatic hydroxyl groups is 1. The molecule has 5 heteroatoms. The summed E-state index contributed by atoms with van der Waals surface area (Å²) >= 11 is 0.931. The third-order valence-corrected chi connectivity index (χ3v) is 13.3. The first kappa shape index (κ1) is 23.7. The number of methoxy groups -OCH3 is 1. The molecule has 0 fully saturated rings. The molecular formula is C24H26O3SeSn. The second-order valence-electron chi connectivity index (χ2n) is 6.45. The molecule has 0 bridgehead atoms. The number of benzene rings is 3. The minimum atomic E-state index is -1.97. The molecule has 0 saturated heterocycles. The molecule has 2 radical (unpaired) electrons. The zero-order valence-electron chi connectivity index (χ0n) is 16.5. The van der Waals surface area contributed by atoms with Crippen LogP contribution in [0.4, 0.5) is 0 Å². The van der Waals surface area contributed by atoms with Crippen molar-refractivity contribution in [3.63, 3.8) is 0 Å². The molecule has 150 valence electrons. The van der Waals surface area contributed by atoms with E-state index in [1.54, 1.807) is 0 Å². The van der Waals surface area contributed by atoms with E-state index < -0.39 is 31.8 Å². The fourth-order valence-corrected chi connectivity index (χ4v) is 10.8. The Labute approximate surface area is 188 Å². The fourth-order valence-electron chi connectivity index (χ4n) is 2.88. The standard InChI is InChI=1S/C6H11O3.C6H5Se.2C6H5.Sn/c1-3-4-5(7)6(8)9-2;7-6-4-2-1-3-5-6;2*1-2-4-6-5-3-1;/h5,7H,1,3-4H2,2H3;1-5H;2*1-5H;. The topological polar surface area (TPSA) is 46.5 Å². The number of carbonyl (C=O) groups excluding carboxylic acids is 1. The average Bonchev–Trinajstić information content (AvgIpc) is 2.78. The number of aliphatic hydroxyl groups excluding tert-OH is 1.